The first-order chi connectivity index (χ1) is 15.3. The van der Waals surface area contributed by atoms with Crippen LogP contribution in [0, 0.1) is 11.6 Å². The maximum Gasteiger partial charge on any atom is 0.137 e. The fourth-order valence-corrected chi connectivity index (χ4v) is 3.94. The van der Waals surface area contributed by atoms with Crippen LogP contribution in [0.1, 0.15) is 29.7 Å². The summed E-state index contributed by atoms with van der Waals surface area (Å²) < 4.78 is 31.3. The van der Waals surface area contributed by atoms with Crippen molar-refractivity contribution in [3.8, 4) is 0 Å². The van der Waals surface area contributed by atoms with E-state index < -0.39 is 23.2 Å². The number of nitrogens with zero attached hydrogens (tertiary/aromatic N) is 5. The van der Waals surface area contributed by atoms with Crippen LogP contribution in [0.3, 0.4) is 0 Å². The van der Waals surface area contributed by atoms with E-state index in [2.05, 4.69) is 15.2 Å². The Balaban J connectivity index is 1.66. The van der Waals surface area contributed by atoms with E-state index in [1.807, 2.05) is 6.07 Å². The first-order valence-corrected chi connectivity index (χ1v) is 10.5. The highest BCUT2D eigenvalue weighted by Crippen LogP contribution is 2.39. The van der Waals surface area contributed by atoms with Gasteiger partial charge in [0.25, 0.3) is 0 Å². The third-order valence-electron chi connectivity index (χ3n) is 5.42. The summed E-state index contributed by atoms with van der Waals surface area (Å²) in [6.45, 7) is 2.05. The minimum atomic E-state index is -1.77. The van der Waals surface area contributed by atoms with Crippen LogP contribution in [0.5, 0.6) is 0 Å². The zero-order valence-corrected chi connectivity index (χ0v) is 18.5. The summed E-state index contributed by atoms with van der Waals surface area (Å²) in [5.41, 5.74) is -0.407. The summed E-state index contributed by atoms with van der Waals surface area (Å²) >= 11 is 12.1. The van der Waals surface area contributed by atoms with Crippen molar-refractivity contribution in [1.29, 1.82) is 0 Å². The quantitative estimate of drug-likeness (QED) is 0.415. The molecular formula is C22H19Cl2F2N5O. The smallest absolute Gasteiger partial charge is 0.137 e. The van der Waals surface area contributed by atoms with E-state index in [0.717, 1.165) is 17.7 Å². The summed E-state index contributed by atoms with van der Waals surface area (Å²) in [6, 6.07) is 10.1. The fourth-order valence-electron chi connectivity index (χ4n) is 3.62. The highest BCUT2D eigenvalue weighted by molar-refractivity contribution is 6.42. The van der Waals surface area contributed by atoms with Gasteiger partial charge in [0.15, 0.2) is 0 Å². The molecule has 0 unspecified atom stereocenters. The molecule has 2 atom stereocenters. The lowest BCUT2D eigenvalue weighted by Gasteiger charge is -2.34. The second-order valence-electron chi connectivity index (χ2n) is 7.55. The predicted octanol–water partition coefficient (Wildman–Crippen LogP) is 4.80. The van der Waals surface area contributed by atoms with Crippen molar-refractivity contribution in [2.24, 2.45) is 0 Å². The van der Waals surface area contributed by atoms with Gasteiger partial charge in [-0.1, -0.05) is 42.3 Å². The number of halogens is 4. The average molecular weight is 478 g/mol. The normalized spacial score (nSPS) is 14.3. The number of hydrogen-bond donors (Lipinski definition) is 1. The van der Waals surface area contributed by atoms with Crippen LogP contribution in [0.2, 0.25) is 10.0 Å². The summed E-state index contributed by atoms with van der Waals surface area (Å²) in [4.78, 5) is 3.88. The maximum atomic E-state index is 14.7. The fraction of sp³-hybridized carbons (Fsp3) is 0.227. The number of rotatable bonds is 7. The molecule has 2 heterocycles. The first kappa shape index (κ1) is 22.4. The lowest BCUT2D eigenvalue weighted by Crippen LogP contribution is -2.38. The zero-order chi connectivity index (χ0) is 22.9. The van der Waals surface area contributed by atoms with Gasteiger partial charge in [-0.05, 0) is 29.8 Å². The van der Waals surface area contributed by atoms with Gasteiger partial charge >= 0.3 is 0 Å². The Bertz CT molecular complexity index is 1230. The van der Waals surface area contributed by atoms with E-state index >= 15 is 0 Å². The van der Waals surface area contributed by atoms with Crippen LogP contribution >= 0.6 is 23.2 Å². The van der Waals surface area contributed by atoms with Gasteiger partial charge in [0.1, 0.15) is 29.9 Å². The van der Waals surface area contributed by atoms with Gasteiger partial charge in [0, 0.05) is 23.7 Å². The van der Waals surface area contributed by atoms with E-state index in [4.69, 9.17) is 23.2 Å². The van der Waals surface area contributed by atoms with Crippen molar-refractivity contribution >= 4 is 23.2 Å². The first-order valence-electron chi connectivity index (χ1n) is 9.74. The molecule has 0 fully saturated rings. The molecule has 0 spiro atoms. The molecule has 10 heteroatoms. The molecule has 0 aliphatic rings. The van der Waals surface area contributed by atoms with E-state index in [9.17, 15) is 13.9 Å². The van der Waals surface area contributed by atoms with Gasteiger partial charge in [-0.2, -0.15) is 10.2 Å². The van der Waals surface area contributed by atoms with E-state index in [1.165, 1.54) is 23.4 Å². The summed E-state index contributed by atoms with van der Waals surface area (Å²) in [7, 11) is 0. The Hall–Kier alpha value is -2.81. The molecule has 166 valence electrons. The number of aromatic nitrogens is 5. The Morgan fingerprint density at radius 2 is 1.88 bits per heavy atom. The van der Waals surface area contributed by atoms with E-state index in [-0.39, 0.29) is 12.1 Å². The number of aliphatic hydroxyl groups is 1. The van der Waals surface area contributed by atoms with Crippen molar-refractivity contribution < 1.29 is 13.9 Å². The number of benzene rings is 2. The van der Waals surface area contributed by atoms with Crippen LogP contribution in [0.15, 0.2) is 61.3 Å². The minimum absolute atomic E-state index is 0.0547. The van der Waals surface area contributed by atoms with Crippen molar-refractivity contribution in [2.45, 2.75) is 31.5 Å². The number of hydrogen-bond acceptors (Lipinski definition) is 4. The van der Waals surface area contributed by atoms with Gasteiger partial charge in [0.2, 0.25) is 0 Å². The van der Waals surface area contributed by atoms with Crippen LogP contribution in [-0.2, 0) is 18.7 Å². The zero-order valence-electron chi connectivity index (χ0n) is 17.0. The molecule has 1 N–H and O–H groups in total. The van der Waals surface area contributed by atoms with Crippen LogP contribution in [-0.4, -0.2) is 29.7 Å². The van der Waals surface area contributed by atoms with Crippen LogP contribution < -0.4 is 0 Å². The highest BCUT2D eigenvalue weighted by Gasteiger charge is 2.41. The summed E-state index contributed by atoms with van der Waals surface area (Å²) in [6.07, 6.45) is 4.49. The third-order valence-corrected chi connectivity index (χ3v) is 6.16. The molecule has 6 nitrogen and oxygen atoms in total. The Labute approximate surface area is 193 Å². The molecular weight excluding hydrogens is 459 g/mol. The summed E-state index contributed by atoms with van der Waals surface area (Å²) in [5.74, 6) is -2.25. The van der Waals surface area contributed by atoms with Gasteiger partial charge in [-0.25, -0.2) is 18.4 Å². The van der Waals surface area contributed by atoms with Crippen LogP contribution in [0.4, 0.5) is 8.78 Å². The molecule has 0 amide bonds. The van der Waals surface area contributed by atoms with Crippen molar-refractivity contribution in [3.63, 3.8) is 0 Å². The van der Waals surface area contributed by atoms with Gasteiger partial charge in [-0.15, -0.1) is 0 Å². The topological polar surface area (TPSA) is 68.8 Å². The van der Waals surface area contributed by atoms with Gasteiger partial charge < -0.3 is 5.11 Å². The molecule has 4 aromatic rings. The molecule has 0 radical (unpaired) electrons. The molecule has 2 aromatic heterocycles. The summed E-state index contributed by atoms with van der Waals surface area (Å²) in [5, 5.41) is 21.2. The van der Waals surface area contributed by atoms with E-state index in [1.54, 1.807) is 36.0 Å². The van der Waals surface area contributed by atoms with Crippen LogP contribution in [0.25, 0.3) is 0 Å². The third kappa shape index (κ3) is 4.53. The van der Waals surface area contributed by atoms with Gasteiger partial charge in [0.05, 0.1) is 28.8 Å². The molecule has 32 heavy (non-hydrogen) atoms. The molecule has 0 saturated carbocycles. The van der Waals surface area contributed by atoms with E-state index in [0.29, 0.717) is 22.3 Å². The Kier molecular flexibility index (Phi) is 6.28. The van der Waals surface area contributed by atoms with Crippen molar-refractivity contribution in [2.75, 3.05) is 0 Å². The molecule has 0 aliphatic heterocycles. The SMILES string of the molecule is C[C@@H](c1ccn(Cc2ccc(Cl)c(Cl)c2)n1)[C@](O)(Cn1cncn1)c1ccc(F)cc1F. The molecule has 0 saturated heterocycles. The largest absolute Gasteiger partial charge is 0.382 e. The Morgan fingerprint density at radius 3 is 2.56 bits per heavy atom. The lowest BCUT2D eigenvalue weighted by molar-refractivity contribution is -0.0124. The van der Waals surface area contributed by atoms with Crippen molar-refractivity contribution in [3.05, 3.63) is 99.8 Å². The molecule has 2 aromatic carbocycles. The molecule has 0 aliphatic carbocycles. The maximum absolute atomic E-state index is 14.7. The standard InChI is InChI=1S/C22H19Cl2F2N5O/c1-14(21-6-7-30(29-21)10-15-2-5-18(23)19(24)8-15)22(32,11-31-13-27-12-28-31)17-4-3-16(25)9-20(17)26/h2-9,12-14,32H,10-11H2,1H3/t14-,22+/m0/s1. The second-order valence-corrected chi connectivity index (χ2v) is 8.36. The molecule has 0 bridgehead atoms. The lowest BCUT2D eigenvalue weighted by atomic mass is 9.80. The second kappa shape index (κ2) is 8.97. The average Bonchev–Trinajstić information content (AvgIpc) is 3.42. The predicted molar refractivity (Wildman–Crippen MR) is 116 cm³/mol. The molecule has 4 rings (SSSR count). The van der Waals surface area contributed by atoms with Gasteiger partial charge in [-0.3, -0.25) is 4.68 Å². The monoisotopic (exact) mass is 477 g/mol. The minimum Gasteiger partial charge on any atom is -0.382 e. The Morgan fingerprint density at radius 1 is 1.06 bits per heavy atom. The highest BCUT2D eigenvalue weighted by atomic mass is 35.5. The van der Waals surface area contributed by atoms with Crippen molar-refractivity contribution in [1.82, 2.24) is 24.5 Å².